The van der Waals surface area contributed by atoms with Crippen LogP contribution in [-0.2, 0) is 6.18 Å². The van der Waals surface area contributed by atoms with Gasteiger partial charge in [0.15, 0.2) is 5.69 Å². The second-order valence-electron chi connectivity index (χ2n) is 5.21. The maximum atomic E-state index is 12.8. The molecule has 0 amide bonds. The van der Waals surface area contributed by atoms with Crippen LogP contribution >= 0.6 is 0 Å². The summed E-state index contributed by atoms with van der Waals surface area (Å²) in [4.78, 5) is 19.9. The molecule has 0 radical (unpaired) electrons. The van der Waals surface area contributed by atoms with Crippen LogP contribution in [0.4, 0.5) is 30.2 Å². The van der Waals surface area contributed by atoms with E-state index < -0.39 is 44.8 Å². The molecule has 0 heterocycles. The van der Waals surface area contributed by atoms with E-state index in [0.29, 0.717) is 5.56 Å². The number of nitro groups is 2. The minimum atomic E-state index is -4.99. The zero-order valence-electron chi connectivity index (χ0n) is 12.9. The van der Waals surface area contributed by atoms with Gasteiger partial charge >= 0.3 is 6.18 Å². The van der Waals surface area contributed by atoms with Crippen molar-refractivity contribution in [1.82, 2.24) is 0 Å². The number of alkyl halides is 3. The molecule has 2 N–H and O–H groups in total. The summed E-state index contributed by atoms with van der Waals surface area (Å²) in [7, 11) is 0. The predicted octanol–water partition coefficient (Wildman–Crippen LogP) is 3.67. The molecule has 0 aliphatic rings. The van der Waals surface area contributed by atoms with Gasteiger partial charge < -0.3 is 10.4 Å². The summed E-state index contributed by atoms with van der Waals surface area (Å²) in [5.74, 6) is 0. The van der Waals surface area contributed by atoms with E-state index in [1.807, 2.05) is 0 Å². The van der Waals surface area contributed by atoms with Crippen LogP contribution < -0.4 is 5.32 Å². The third-order valence-electron chi connectivity index (χ3n) is 3.47. The molecule has 11 heteroatoms. The molecule has 2 rings (SSSR count). The number of hydrogen-bond acceptors (Lipinski definition) is 6. The molecule has 0 saturated heterocycles. The Bertz CT molecular complexity index is 792. The highest BCUT2D eigenvalue weighted by atomic mass is 19.4. The lowest BCUT2D eigenvalue weighted by Crippen LogP contribution is -2.15. The first kappa shape index (κ1) is 19.1. The van der Waals surface area contributed by atoms with Crippen molar-refractivity contribution in [3.63, 3.8) is 0 Å². The van der Waals surface area contributed by atoms with Crippen molar-refractivity contribution in [3.8, 4) is 0 Å². The minimum Gasteiger partial charge on any atom is -0.387 e. The van der Waals surface area contributed by atoms with Gasteiger partial charge in [0.05, 0.1) is 21.5 Å². The van der Waals surface area contributed by atoms with E-state index in [9.17, 15) is 38.5 Å². The largest absolute Gasteiger partial charge is 0.416 e. The monoisotopic (exact) mass is 371 g/mol. The van der Waals surface area contributed by atoms with Gasteiger partial charge in [-0.2, -0.15) is 13.2 Å². The van der Waals surface area contributed by atoms with E-state index >= 15 is 0 Å². The Morgan fingerprint density at radius 3 is 1.96 bits per heavy atom. The Hall–Kier alpha value is -3.21. The molecule has 0 spiro atoms. The summed E-state index contributed by atoms with van der Waals surface area (Å²) in [5.41, 5.74) is -4.00. The second-order valence-corrected chi connectivity index (χ2v) is 5.21. The molecule has 2 aromatic rings. The zero-order valence-corrected chi connectivity index (χ0v) is 12.9. The van der Waals surface area contributed by atoms with Gasteiger partial charge in [-0.15, -0.1) is 0 Å². The molecule has 26 heavy (non-hydrogen) atoms. The lowest BCUT2D eigenvalue weighted by atomic mass is 10.1. The van der Waals surface area contributed by atoms with Crippen molar-refractivity contribution < 1.29 is 28.1 Å². The summed E-state index contributed by atoms with van der Waals surface area (Å²) < 4.78 is 38.5. The number of nitrogens with one attached hydrogen (secondary N) is 1. The van der Waals surface area contributed by atoms with Gasteiger partial charge in [-0.3, -0.25) is 20.2 Å². The van der Waals surface area contributed by atoms with E-state index in [0.717, 1.165) is 0 Å². The molecule has 2 aromatic carbocycles. The lowest BCUT2D eigenvalue weighted by Gasteiger charge is -2.14. The fraction of sp³-hybridized carbons (Fsp3) is 0.200. The molecular formula is C15H12F3N3O5. The zero-order chi connectivity index (χ0) is 19.5. The molecular weight excluding hydrogens is 359 g/mol. The van der Waals surface area contributed by atoms with Crippen LogP contribution in [0.2, 0.25) is 0 Å². The van der Waals surface area contributed by atoms with Gasteiger partial charge in [0.1, 0.15) is 0 Å². The molecule has 1 unspecified atom stereocenters. The fourth-order valence-corrected chi connectivity index (χ4v) is 2.24. The molecule has 1 atom stereocenters. The third kappa shape index (κ3) is 4.25. The van der Waals surface area contributed by atoms with Crippen LogP contribution in [0.5, 0.6) is 0 Å². The minimum absolute atomic E-state index is 0.213. The van der Waals surface area contributed by atoms with Gasteiger partial charge in [0.2, 0.25) is 0 Å². The van der Waals surface area contributed by atoms with Gasteiger partial charge in [-0.25, -0.2) is 0 Å². The number of aliphatic hydroxyl groups excluding tert-OH is 1. The summed E-state index contributed by atoms with van der Waals surface area (Å²) >= 11 is 0. The fourth-order valence-electron chi connectivity index (χ4n) is 2.24. The SMILES string of the molecule is O=[N+]([O-])c1cc(C(F)(F)F)cc([N+](=O)[O-])c1NCC(O)c1ccccc1. The number of nitrogens with zero attached hydrogens (tertiary/aromatic N) is 2. The van der Waals surface area contributed by atoms with E-state index in [1.165, 1.54) is 0 Å². The van der Waals surface area contributed by atoms with E-state index in [-0.39, 0.29) is 18.7 Å². The lowest BCUT2D eigenvalue weighted by molar-refractivity contribution is -0.392. The van der Waals surface area contributed by atoms with Crippen molar-refractivity contribution in [2.75, 3.05) is 11.9 Å². The summed E-state index contributed by atoms with van der Waals surface area (Å²) in [6, 6.07) is 8.48. The number of halogens is 3. The molecule has 0 aromatic heterocycles. The summed E-state index contributed by atoms with van der Waals surface area (Å²) in [6.45, 7) is -0.378. The molecule has 138 valence electrons. The van der Waals surface area contributed by atoms with Crippen LogP contribution in [0.1, 0.15) is 17.2 Å². The molecule has 0 fully saturated rings. The summed E-state index contributed by atoms with van der Waals surface area (Å²) in [5, 5.41) is 34.6. The molecule has 8 nitrogen and oxygen atoms in total. The second kappa shape index (κ2) is 7.35. The number of nitro benzene ring substituents is 2. The number of benzene rings is 2. The number of rotatable bonds is 6. The molecule has 0 aliphatic heterocycles. The maximum absolute atomic E-state index is 12.8. The predicted molar refractivity (Wildman–Crippen MR) is 84.6 cm³/mol. The van der Waals surface area contributed by atoms with Crippen LogP contribution in [0.3, 0.4) is 0 Å². The Labute approximate surface area is 144 Å². The van der Waals surface area contributed by atoms with Crippen molar-refractivity contribution in [3.05, 3.63) is 73.8 Å². The van der Waals surface area contributed by atoms with Crippen molar-refractivity contribution in [1.29, 1.82) is 0 Å². The highest BCUT2D eigenvalue weighted by molar-refractivity contribution is 5.75. The third-order valence-corrected chi connectivity index (χ3v) is 3.47. The van der Waals surface area contributed by atoms with E-state index in [2.05, 4.69) is 5.32 Å². The maximum Gasteiger partial charge on any atom is 0.416 e. The highest BCUT2D eigenvalue weighted by Crippen LogP contribution is 2.41. The number of hydrogen-bond donors (Lipinski definition) is 2. The van der Waals surface area contributed by atoms with Crippen molar-refractivity contribution in [2.24, 2.45) is 0 Å². The first-order valence-corrected chi connectivity index (χ1v) is 7.12. The normalized spacial score (nSPS) is 12.5. The van der Waals surface area contributed by atoms with Crippen LogP contribution in [0, 0.1) is 20.2 Å². The molecule has 0 saturated carbocycles. The van der Waals surface area contributed by atoms with E-state index in [1.54, 1.807) is 30.3 Å². The highest BCUT2D eigenvalue weighted by Gasteiger charge is 2.37. The van der Waals surface area contributed by atoms with E-state index in [4.69, 9.17) is 0 Å². The van der Waals surface area contributed by atoms with Crippen LogP contribution in [0.25, 0.3) is 0 Å². The average molecular weight is 371 g/mol. The van der Waals surface area contributed by atoms with Crippen LogP contribution in [0.15, 0.2) is 42.5 Å². The average Bonchev–Trinajstić information content (AvgIpc) is 2.58. The van der Waals surface area contributed by atoms with Gasteiger partial charge in [-0.05, 0) is 5.56 Å². The number of anilines is 1. The van der Waals surface area contributed by atoms with Gasteiger partial charge in [0.25, 0.3) is 11.4 Å². The first-order valence-electron chi connectivity index (χ1n) is 7.12. The smallest absolute Gasteiger partial charge is 0.387 e. The molecule has 0 bridgehead atoms. The van der Waals surface area contributed by atoms with Crippen molar-refractivity contribution >= 4 is 17.1 Å². The standard InChI is InChI=1S/C15H12F3N3O5/c16-15(17,18)10-6-11(20(23)24)14(12(7-10)21(25)26)19-8-13(22)9-4-2-1-3-5-9/h1-7,13,19,22H,8H2. The quantitative estimate of drug-likeness (QED) is 0.591. The first-order chi connectivity index (χ1) is 12.1. The topological polar surface area (TPSA) is 119 Å². The molecule has 0 aliphatic carbocycles. The summed E-state index contributed by atoms with van der Waals surface area (Å²) in [6.07, 6.45) is -6.17. The Morgan fingerprint density at radius 2 is 1.54 bits per heavy atom. The van der Waals surface area contributed by atoms with Crippen molar-refractivity contribution in [2.45, 2.75) is 12.3 Å². The van der Waals surface area contributed by atoms with Gasteiger partial charge in [0, 0.05) is 18.7 Å². The Morgan fingerprint density at radius 1 is 1.04 bits per heavy atom. The Kier molecular flexibility index (Phi) is 5.41. The van der Waals surface area contributed by atoms with Gasteiger partial charge in [-0.1, -0.05) is 30.3 Å². The van der Waals surface area contributed by atoms with Crippen LogP contribution in [-0.4, -0.2) is 21.5 Å². The number of aliphatic hydroxyl groups is 1. The Balaban J connectivity index is 2.42.